The topological polar surface area (TPSA) is 52.6 Å². The van der Waals surface area contributed by atoms with Crippen LogP contribution in [0.5, 0.6) is 0 Å². The van der Waals surface area contributed by atoms with Crippen molar-refractivity contribution >= 4 is 11.8 Å². The number of hydrogen-bond donors (Lipinski definition) is 0. The van der Waals surface area contributed by atoms with Crippen LogP contribution in [0.25, 0.3) is 0 Å². The minimum Gasteiger partial charge on any atom is -0.504 e. The van der Waals surface area contributed by atoms with E-state index >= 15 is 0 Å². The van der Waals surface area contributed by atoms with Crippen LogP contribution in [-0.4, -0.2) is 25.5 Å². The number of rotatable bonds is 5. The van der Waals surface area contributed by atoms with Crippen molar-refractivity contribution in [3.8, 4) is 0 Å². The van der Waals surface area contributed by atoms with E-state index in [2.05, 4.69) is 4.74 Å². The van der Waals surface area contributed by atoms with E-state index in [-0.39, 0.29) is 12.4 Å². The molecule has 1 rings (SSSR count). The molecular formula is C12H12O4. The molecule has 0 spiro atoms. The molecule has 4 heteroatoms. The summed E-state index contributed by atoms with van der Waals surface area (Å²) in [4.78, 5) is 22.5. The highest BCUT2D eigenvalue weighted by Gasteiger charge is 2.07. The predicted molar refractivity (Wildman–Crippen MR) is 57.9 cm³/mol. The van der Waals surface area contributed by atoms with E-state index in [9.17, 15) is 9.59 Å². The van der Waals surface area contributed by atoms with Crippen LogP contribution >= 0.6 is 0 Å². The Kier molecular flexibility index (Phi) is 4.79. The maximum absolute atomic E-state index is 11.4. The second kappa shape index (κ2) is 6.40. The Morgan fingerprint density at radius 2 is 1.94 bits per heavy atom. The summed E-state index contributed by atoms with van der Waals surface area (Å²) in [7, 11) is 1.43. The molecule has 84 valence electrons. The van der Waals surface area contributed by atoms with Gasteiger partial charge in [0.25, 0.3) is 0 Å². The number of carbonyl (C=O) groups is 2. The number of ketones is 1. The molecule has 4 nitrogen and oxygen atoms in total. The average molecular weight is 220 g/mol. The van der Waals surface area contributed by atoms with Crippen LogP contribution in [-0.2, 0) is 14.3 Å². The van der Waals surface area contributed by atoms with E-state index in [0.29, 0.717) is 5.56 Å². The second-order valence-electron chi connectivity index (χ2n) is 2.95. The molecule has 0 bridgehead atoms. The van der Waals surface area contributed by atoms with Crippen molar-refractivity contribution in [3.05, 3.63) is 48.2 Å². The van der Waals surface area contributed by atoms with E-state index in [0.717, 1.165) is 0 Å². The van der Waals surface area contributed by atoms with Gasteiger partial charge in [-0.25, -0.2) is 4.79 Å². The van der Waals surface area contributed by atoms with Crippen LogP contribution in [0.15, 0.2) is 42.7 Å². The van der Waals surface area contributed by atoms with E-state index in [4.69, 9.17) is 4.74 Å². The number of benzene rings is 1. The Bertz CT molecular complexity index is 381. The van der Waals surface area contributed by atoms with Gasteiger partial charge in [0.2, 0.25) is 0 Å². The Morgan fingerprint density at radius 3 is 2.56 bits per heavy atom. The molecule has 0 aliphatic heterocycles. The van der Waals surface area contributed by atoms with Gasteiger partial charge in [-0.1, -0.05) is 18.2 Å². The number of ether oxygens (including phenoxy) is 2. The summed E-state index contributed by atoms with van der Waals surface area (Å²) >= 11 is 0. The third kappa shape index (κ3) is 3.96. The fourth-order valence-corrected chi connectivity index (χ4v) is 0.986. The molecule has 0 heterocycles. The standard InChI is InChI=1S/C12H12O4/c1-15-8-7-11(13)9-16-12(14)10-5-3-2-4-6-10/h2-8H,9H2,1H3/b8-7+. The monoisotopic (exact) mass is 220 g/mol. The highest BCUT2D eigenvalue weighted by Crippen LogP contribution is 2.00. The van der Waals surface area contributed by atoms with Gasteiger partial charge in [0.15, 0.2) is 12.4 Å². The molecule has 0 aliphatic carbocycles. The maximum Gasteiger partial charge on any atom is 0.338 e. The average Bonchev–Trinajstić information content (AvgIpc) is 2.34. The first-order chi connectivity index (χ1) is 7.74. The molecule has 0 saturated carbocycles. The zero-order chi connectivity index (χ0) is 11.8. The smallest absolute Gasteiger partial charge is 0.338 e. The van der Waals surface area contributed by atoms with Gasteiger partial charge in [0.05, 0.1) is 18.9 Å². The summed E-state index contributed by atoms with van der Waals surface area (Å²) < 4.78 is 9.35. The van der Waals surface area contributed by atoms with E-state index in [1.165, 1.54) is 19.4 Å². The Balaban J connectivity index is 2.42. The minimum absolute atomic E-state index is 0.284. The third-order valence-corrected chi connectivity index (χ3v) is 1.75. The van der Waals surface area contributed by atoms with Crippen molar-refractivity contribution in [2.24, 2.45) is 0 Å². The molecule has 0 N–H and O–H groups in total. The van der Waals surface area contributed by atoms with Crippen molar-refractivity contribution < 1.29 is 19.1 Å². The fourth-order valence-electron chi connectivity index (χ4n) is 0.986. The summed E-state index contributed by atoms with van der Waals surface area (Å²) in [6, 6.07) is 8.49. The molecule has 1 aromatic carbocycles. The number of carbonyl (C=O) groups excluding carboxylic acids is 2. The lowest BCUT2D eigenvalue weighted by Crippen LogP contribution is -2.12. The largest absolute Gasteiger partial charge is 0.504 e. The lowest BCUT2D eigenvalue weighted by molar-refractivity contribution is -0.117. The summed E-state index contributed by atoms with van der Waals surface area (Å²) in [5, 5.41) is 0. The van der Waals surface area contributed by atoms with E-state index in [1.807, 2.05) is 0 Å². The molecule has 1 aromatic rings. The van der Waals surface area contributed by atoms with Crippen LogP contribution in [0.2, 0.25) is 0 Å². The summed E-state index contributed by atoms with van der Waals surface area (Å²) in [5.41, 5.74) is 0.422. The summed E-state index contributed by atoms with van der Waals surface area (Å²) in [6.07, 6.45) is 2.44. The van der Waals surface area contributed by atoms with Crippen molar-refractivity contribution in [2.75, 3.05) is 13.7 Å². The van der Waals surface area contributed by atoms with Crippen LogP contribution in [0, 0.1) is 0 Å². The lowest BCUT2D eigenvalue weighted by Gasteiger charge is -2.01. The first-order valence-electron chi connectivity index (χ1n) is 4.68. The van der Waals surface area contributed by atoms with Crippen LogP contribution in [0.3, 0.4) is 0 Å². The number of hydrogen-bond acceptors (Lipinski definition) is 4. The van der Waals surface area contributed by atoms with Crippen molar-refractivity contribution in [3.63, 3.8) is 0 Å². The van der Waals surface area contributed by atoms with Gasteiger partial charge in [-0.05, 0) is 12.1 Å². The molecule has 0 saturated heterocycles. The van der Waals surface area contributed by atoms with Crippen molar-refractivity contribution in [2.45, 2.75) is 0 Å². The van der Waals surface area contributed by atoms with Crippen molar-refractivity contribution in [1.82, 2.24) is 0 Å². The maximum atomic E-state index is 11.4. The van der Waals surface area contributed by atoms with Crippen LogP contribution in [0.1, 0.15) is 10.4 Å². The Morgan fingerprint density at radius 1 is 1.25 bits per heavy atom. The highest BCUT2D eigenvalue weighted by atomic mass is 16.5. The molecular weight excluding hydrogens is 208 g/mol. The molecule has 0 fully saturated rings. The van der Waals surface area contributed by atoms with Crippen LogP contribution in [0.4, 0.5) is 0 Å². The third-order valence-electron chi connectivity index (χ3n) is 1.75. The first-order valence-corrected chi connectivity index (χ1v) is 4.68. The first kappa shape index (κ1) is 12.0. The van der Waals surface area contributed by atoms with E-state index < -0.39 is 5.97 Å². The highest BCUT2D eigenvalue weighted by molar-refractivity contribution is 5.94. The van der Waals surface area contributed by atoms with E-state index in [1.54, 1.807) is 30.3 Å². The van der Waals surface area contributed by atoms with Gasteiger partial charge in [-0.15, -0.1) is 0 Å². The minimum atomic E-state index is -0.514. The normalized spacial score (nSPS) is 10.1. The molecule has 0 aromatic heterocycles. The zero-order valence-corrected chi connectivity index (χ0v) is 8.88. The Labute approximate surface area is 93.5 Å². The molecule has 0 aliphatic rings. The summed E-state index contributed by atoms with van der Waals surface area (Å²) in [5.74, 6) is -0.842. The molecule has 16 heavy (non-hydrogen) atoms. The quantitative estimate of drug-likeness (QED) is 0.429. The van der Waals surface area contributed by atoms with Gasteiger partial charge in [0.1, 0.15) is 0 Å². The molecule has 0 unspecified atom stereocenters. The van der Waals surface area contributed by atoms with Gasteiger partial charge in [-0.2, -0.15) is 0 Å². The molecule has 0 amide bonds. The molecule has 0 atom stereocenters. The summed E-state index contributed by atoms with van der Waals surface area (Å²) in [6.45, 7) is -0.284. The van der Waals surface area contributed by atoms with Gasteiger partial charge < -0.3 is 9.47 Å². The van der Waals surface area contributed by atoms with Gasteiger partial charge >= 0.3 is 5.97 Å². The van der Waals surface area contributed by atoms with Gasteiger partial charge in [-0.3, -0.25) is 4.79 Å². The van der Waals surface area contributed by atoms with Crippen LogP contribution < -0.4 is 0 Å². The van der Waals surface area contributed by atoms with Crippen molar-refractivity contribution in [1.29, 1.82) is 0 Å². The second-order valence-corrected chi connectivity index (χ2v) is 2.95. The number of methoxy groups -OCH3 is 1. The molecule has 0 radical (unpaired) electrons. The SMILES string of the molecule is CO/C=C/C(=O)COC(=O)c1ccccc1. The predicted octanol–water partition coefficient (Wildman–Crippen LogP) is 1.57. The van der Waals surface area contributed by atoms with Gasteiger partial charge in [0, 0.05) is 6.08 Å². The Hall–Kier alpha value is -2.10. The number of esters is 1. The zero-order valence-electron chi connectivity index (χ0n) is 8.88. The lowest BCUT2D eigenvalue weighted by atomic mass is 10.2. The fraction of sp³-hybridized carbons (Fsp3) is 0.167.